The third kappa shape index (κ3) is 4.16. The van der Waals surface area contributed by atoms with Crippen LogP contribution in [-0.2, 0) is 14.8 Å². The molecule has 8 nitrogen and oxygen atoms in total. The van der Waals surface area contributed by atoms with Gasteiger partial charge in [0, 0.05) is 22.8 Å². The zero-order chi connectivity index (χ0) is 19.8. The maximum Gasteiger partial charge on any atom is 0.279 e. The Morgan fingerprint density at radius 3 is 2.52 bits per heavy atom. The lowest BCUT2D eigenvalue weighted by atomic mass is 10.1. The van der Waals surface area contributed by atoms with Crippen molar-refractivity contribution in [2.75, 3.05) is 17.3 Å². The number of fused-ring (bicyclic) bond motifs is 1. The van der Waals surface area contributed by atoms with Gasteiger partial charge in [0.05, 0.1) is 10.6 Å². The van der Waals surface area contributed by atoms with E-state index in [-0.39, 0.29) is 21.6 Å². The maximum absolute atomic E-state index is 12.4. The van der Waals surface area contributed by atoms with E-state index in [9.17, 15) is 13.2 Å². The number of likely N-dealkylation sites (N-methyl/N-ethyl adjacent to an activating group) is 1. The first-order valence-electron chi connectivity index (χ1n) is 7.52. The molecule has 2 aromatic carbocycles. The fourth-order valence-corrected chi connectivity index (χ4v) is 3.50. The zero-order valence-electron chi connectivity index (χ0n) is 13.9. The average molecular weight is 468 g/mol. The van der Waals surface area contributed by atoms with Crippen molar-refractivity contribution in [3.05, 3.63) is 52.5 Å². The van der Waals surface area contributed by atoms with Crippen LogP contribution in [0.5, 0.6) is 0 Å². The number of anilines is 2. The summed E-state index contributed by atoms with van der Waals surface area (Å²) in [6.07, 6.45) is 0. The van der Waals surface area contributed by atoms with Gasteiger partial charge < -0.3 is 10.2 Å². The summed E-state index contributed by atoms with van der Waals surface area (Å²) in [7, 11) is -2.09. The van der Waals surface area contributed by atoms with Gasteiger partial charge in [0.15, 0.2) is 10.8 Å². The first-order chi connectivity index (χ1) is 12.7. The normalized spacial score (nSPS) is 15.0. The molecule has 0 spiro atoms. The van der Waals surface area contributed by atoms with Gasteiger partial charge in [-0.3, -0.25) is 10.2 Å². The van der Waals surface area contributed by atoms with Crippen molar-refractivity contribution in [3.63, 3.8) is 0 Å². The van der Waals surface area contributed by atoms with Crippen molar-refractivity contribution in [1.82, 2.24) is 5.43 Å². The third-order valence-corrected chi connectivity index (χ3v) is 5.41. The van der Waals surface area contributed by atoms with Crippen molar-refractivity contribution in [2.24, 2.45) is 10.2 Å². The van der Waals surface area contributed by atoms with E-state index in [1.807, 2.05) is 12.1 Å². The molecule has 0 radical (unpaired) electrons. The summed E-state index contributed by atoms with van der Waals surface area (Å²) >= 11 is 8.54. The molecule has 0 fully saturated rings. The molecule has 0 aliphatic carbocycles. The summed E-state index contributed by atoms with van der Waals surface area (Å²) in [5, 5.41) is 12.2. The molecule has 1 amide bonds. The van der Waals surface area contributed by atoms with Gasteiger partial charge in [-0.15, -0.1) is 0 Å². The Morgan fingerprint density at radius 2 is 1.89 bits per heavy atom. The van der Waals surface area contributed by atoms with E-state index in [1.54, 1.807) is 13.1 Å². The number of amides is 1. The summed E-state index contributed by atoms with van der Waals surface area (Å²) in [5.41, 5.74) is 4.85. The van der Waals surface area contributed by atoms with E-state index in [0.717, 1.165) is 10.2 Å². The van der Waals surface area contributed by atoms with E-state index in [1.165, 1.54) is 29.2 Å². The number of rotatable bonds is 3. The van der Waals surface area contributed by atoms with Crippen LogP contribution < -0.4 is 20.8 Å². The van der Waals surface area contributed by atoms with Crippen LogP contribution in [-0.4, -0.2) is 32.2 Å². The monoisotopic (exact) mass is 467 g/mol. The highest BCUT2D eigenvalue weighted by molar-refractivity contribution is 9.10. The molecule has 27 heavy (non-hydrogen) atoms. The number of carbonyl (C=O) groups excluding carboxylic acids is 1. The first kappa shape index (κ1) is 19.4. The van der Waals surface area contributed by atoms with Gasteiger partial charge in [0.25, 0.3) is 5.91 Å². The van der Waals surface area contributed by atoms with Crippen LogP contribution in [0.15, 0.2) is 56.9 Å². The van der Waals surface area contributed by atoms with Crippen LogP contribution in [0, 0.1) is 0 Å². The minimum atomic E-state index is -3.76. The number of hydrazone groups is 1. The summed E-state index contributed by atoms with van der Waals surface area (Å²) in [5.74, 6) is -0.254. The van der Waals surface area contributed by atoms with Crippen molar-refractivity contribution in [1.29, 1.82) is 0 Å². The number of thiocarbonyl (C=S) groups is 1. The quantitative estimate of drug-likeness (QED) is 0.467. The van der Waals surface area contributed by atoms with E-state index >= 15 is 0 Å². The summed E-state index contributed by atoms with van der Waals surface area (Å²) in [6.45, 7) is 0. The fraction of sp³-hybridized carbons (Fsp3) is 0.0625. The summed E-state index contributed by atoms with van der Waals surface area (Å²) in [6, 6.07) is 11.2. The third-order valence-electron chi connectivity index (χ3n) is 3.79. The fourth-order valence-electron chi connectivity index (χ4n) is 2.47. The molecule has 1 aliphatic rings. The molecule has 1 aliphatic heterocycles. The first-order valence-corrected chi connectivity index (χ1v) is 10.3. The zero-order valence-corrected chi connectivity index (χ0v) is 17.2. The highest BCUT2D eigenvalue weighted by atomic mass is 79.9. The highest BCUT2D eigenvalue weighted by Gasteiger charge is 2.31. The Kier molecular flexibility index (Phi) is 5.29. The van der Waals surface area contributed by atoms with Crippen molar-refractivity contribution < 1.29 is 13.2 Å². The predicted octanol–water partition coefficient (Wildman–Crippen LogP) is 1.76. The second-order valence-corrected chi connectivity index (χ2v) is 8.51. The molecule has 11 heteroatoms. The molecule has 0 unspecified atom stereocenters. The molecule has 0 saturated carbocycles. The maximum atomic E-state index is 12.4. The van der Waals surface area contributed by atoms with Crippen LogP contribution in [0.25, 0.3) is 0 Å². The largest absolute Gasteiger partial charge is 0.331 e. The number of nitrogens with one attached hydrogen (secondary N) is 2. The molecule has 2 aromatic rings. The van der Waals surface area contributed by atoms with E-state index < -0.39 is 10.0 Å². The molecule has 4 N–H and O–H groups in total. The second kappa shape index (κ2) is 7.35. The van der Waals surface area contributed by atoms with Crippen LogP contribution in [0.1, 0.15) is 5.56 Å². The van der Waals surface area contributed by atoms with Crippen LogP contribution in [0.3, 0.4) is 0 Å². The molecular formula is C16H14BrN5O3S2. The number of hydrogen-bond acceptors (Lipinski definition) is 5. The lowest BCUT2D eigenvalue weighted by molar-refractivity contribution is -0.111. The Labute approximate surface area is 169 Å². The van der Waals surface area contributed by atoms with Gasteiger partial charge in [0.1, 0.15) is 0 Å². The summed E-state index contributed by atoms with van der Waals surface area (Å²) in [4.78, 5) is 13.9. The van der Waals surface area contributed by atoms with Crippen molar-refractivity contribution >= 4 is 66.3 Å². The molecular weight excluding hydrogens is 454 g/mol. The molecule has 0 saturated heterocycles. The topological polar surface area (TPSA) is 117 Å². The van der Waals surface area contributed by atoms with Gasteiger partial charge in [-0.2, -0.15) is 5.10 Å². The smallest absolute Gasteiger partial charge is 0.279 e. The molecule has 1 heterocycles. The minimum Gasteiger partial charge on any atom is -0.331 e. The van der Waals surface area contributed by atoms with Crippen molar-refractivity contribution in [3.8, 4) is 0 Å². The van der Waals surface area contributed by atoms with E-state index in [4.69, 9.17) is 17.4 Å². The molecule has 0 bridgehead atoms. The Balaban J connectivity index is 1.73. The van der Waals surface area contributed by atoms with Gasteiger partial charge >= 0.3 is 0 Å². The Bertz CT molecular complexity index is 1070. The lowest BCUT2D eigenvalue weighted by Gasteiger charge is -2.09. The number of primary sulfonamides is 1. The molecule has 3 rings (SSSR count). The lowest BCUT2D eigenvalue weighted by Crippen LogP contribution is -2.30. The van der Waals surface area contributed by atoms with Gasteiger partial charge in [-0.05, 0) is 54.7 Å². The number of benzene rings is 2. The highest BCUT2D eigenvalue weighted by Crippen LogP contribution is 2.30. The second-order valence-electron chi connectivity index (χ2n) is 5.62. The predicted molar refractivity (Wildman–Crippen MR) is 111 cm³/mol. The number of carbonyl (C=O) groups is 1. The van der Waals surface area contributed by atoms with Crippen LogP contribution in [0.2, 0.25) is 0 Å². The van der Waals surface area contributed by atoms with Gasteiger partial charge in [-0.25, -0.2) is 13.6 Å². The number of sulfonamides is 1. The SMILES string of the molecule is CN1C(=O)C(=NNC(=S)Nc2ccc(S(N)(=O)=O)cc2)c2ccc(Br)cc21. The van der Waals surface area contributed by atoms with E-state index in [0.29, 0.717) is 11.3 Å². The van der Waals surface area contributed by atoms with Crippen molar-refractivity contribution in [2.45, 2.75) is 4.90 Å². The van der Waals surface area contributed by atoms with Gasteiger partial charge in [-0.1, -0.05) is 15.9 Å². The standard InChI is InChI=1S/C16H14BrN5O3S2/c1-22-13-8-9(17)2-7-12(13)14(15(22)23)20-21-16(26)19-10-3-5-11(6-4-10)27(18,24)25/h2-8H,1H3,(H2,18,24,25)(H2,19,21,26). The number of halogens is 1. The van der Waals surface area contributed by atoms with Crippen LogP contribution >= 0.6 is 28.1 Å². The van der Waals surface area contributed by atoms with E-state index in [2.05, 4.69) is 31.8 Å². The molecule has 0 atom stereocenters. The number of nitrogens with zero attached hydrogens (tertiary/aromatic N) is 2. The molecule has 140 valence electrons. The average Bonchev–Trinajstić information content (AvgIpc) is 2.83. The molecule has 0 aromatic heterocycles. The Hall–Kier alpha value is -2.34. The van der Waals surface area contributed by atoms with Gasteiger partial charge in [0.2, 0.25) is 10.0 Å². The Morgan fingerprint density at radius 1 is 1.22 bits per heavy atom. The number of hydrogen-bond donors (Lipinski definition) is 3. The van der Waals surface area contributed by atoms with Crippen LogP contribution in [0.4, 0.5) is 11.4 Å². The summed E-state index contributed by atoms with van der Waals surface area (Å²) < 4.78 is 23.4. The minimum absolute atomic E-state index is 0.00507. The number of nitrogens with two attached hydrogens (primary N) is 1.